The molecule has 3 aromatic carbocycles. The fourth-order valence-electron chi connectivity index (χ4n) is 6.41. The van der Waals surface area contributed by atoms with Crippen LogP contribution >= 0.6 is 0 Å². The molecule has 0 saturated heterocycles. The van der Waals surface area contributed by atoms with Gasteiger partial charge in [-0.15, -0.1) is 0 Å². The molecule has 1 saturated carbocycles. The van der Waals surface area contributed by atoms with E-state index in [0.717, 1.165) is 24.8 Å². The molecule has 0 bridgehead atoms. The van der Waals surface area contributed by atoms with Crippen molar-refractivity contribution in [2.45, 2.75) is 75.9 Å². The molecule has 4 rings (SSSR count). The van der Waals surface area contributed by atoms with Gasteiger partial charge in [-0.2, -0.15) is 0 Å². The molecule has 0 heterocycles. The zero-order chi connectivity index (χ0) is 31.1. The lowest BCUT2D eigenvalue weighted by Gasteiger charge is -2.39. The number of ether oxygens (including phenoxy) is 2. The molecule has 1 aliphatic rings. The molecule has 9 nitrogen and oxygen atoms in total. The fraction of sp³-hybridized carbons (Fsp3) is 0.441. The first-order valence-electron chi connectivity index (χ1n) is 14.7. The summed E-state index contributed by atoms with van der Waals surface area (Å²) in [6.07, 6.45) is 3.99. The average molecular weight is 595 g/mol. The second-order valence-electron chi connectivity index (χ2n) is 11.5. The van der Waals surface area contributed by atoms with Gasteiger partial charge in [0, 0.05) is 23.3 Å². The number of aliphatic hydroxyl groups excluding tert-OH is 2. The van der Waals surface area contributed by atoms with Gasteiger partial charge in [0.05, 0.1) is 26.9 Å². The highest BCUT2D eigenvalue weighted by molar-refractivity contribution is 5.83. The summed E-state index contributed by atoms with van der Waals surface area (Å²) >= 11 is 0. The van der Waals surface area contributed by atoms with Gasteiger partial charge >= 0.3 is 0 Å². The molecule has 0 amide bonds. The van der Waals surface area contributed by atoms with Crippen molar-refractivity contribution in [3.8, 4) is 34.5 Å². The second kappa shape index (κ2) is 14.0. The summed E-state index contributed by atoms with van der Waals surface area (Å²) in [7, 11) is 2.86. The molecule has 0 radical (unpaired) electrons. The number of phenols is 4. The summed E-state index contributed by atoms with van der Waals surface area (Å²) in [4.78, 5) is 14.3. The Labute approximate surface area is 252 Å². The summed E-state index contributed by atoms with van der Waals surface area (Å²) in [5, 5.41) is 62.5. The van der Waals surface area contributed by atoms with Crippen molar-refractivity contribution < 1.29 is 44.9 Å². The Kier molecular flexibility index (Phi) is 10.4. The van der Waals surface area contributed by atoms with Crippen LogP contribution in [0.1, 0.15) is 67.2 Å². The van der Waals surface area contributed by atoms with Gasteiger partial charge in [-0.05, 0) is 79.1 Å². The second-order valence-corrected chi connectivity index (χ2v) is 11.5. The van der Waals surface area contributed by atoms with E-state index in [9.17, 15) is 35.4 Å². The maximum absolute atomic E-state index is 14.3. The number of hydrogen-bond donors (Lipinski definition) is 6. The number of phenolic OH excluding ortho intramolecular Hbond substituents is 3. The van der Waals surface area contributed by atoms with Crippen molar-refractivity contribution in [1.29, 1.82) is 0 Å². The largest absolute Gasteiger partial charge is 0.508 e. The SMILES string of the molecule is COc1cc(CCC(O)C(Cc2cccc(O)c2CO)C(=O)CC2(c3cc(O)c(O)c(OC)c3)CCCCC2)ccc1O. The quantitative estimate of drug-likeness (QED) is 0.149. The molecule has 1 aliphatic carbocycles. The number of carbonyl (C=O) groups excluding carboxylic acids is 1. The number of hydrogen-bond acceptors (Lipinski definition) is 9. The van der Waals surface area contributed by atoms with Crippen LogP contribution in [0.4, 0.5) is 0 Å². The topological polar surface area (TPSA) is 157 Å². The Hall–Kier alpha value is -3.95. The Bertz CT molecular complexity index is 1410. The lowest BCUT2D eigenvalue weighted by Crippen LogP contribution is -2.38. The lowest BCUT2D eigenvalue weighted by molar-refractivity contribution is -0.128. The zero-order valence-corrected chi connectivity index (χ0v) is 24.8. The minimum absolute atomic E-state index is 0.00921. The van der Waals surface area contributed by atoms with E-state index in [0.29, 0.717) is 41.7 Å². The summed E-state index contributed by atoms with van der Waals surface area (Å²) < 4.78 is 10.5. The van der Waals surface area contributed by atoms with Crippen molar-refractivity contribution in [1.82, 2.24) is 0 Å². The van der Waals surface area contributed by atoms with Gasteiger partial charge in [0.25, 0.3) is 0 Å². The molecule has 2 unspecified atom stereocenters. The molecule has 232 valence electrons. The van der Waals surface area contributed by atoms with Gasteiger partial charge in [-0.25, -0.2) is 0 Å². The maximum Gasteiger partial charge on any atom is 0.200 e. The number of methoxy groups -OCH3 is 2. The van der Waals surface area contributed by atoms with Crippen LogP contribution in [0.25, 0.3) is 0 Å². The Morgan fingerprint density at radius 2 is 1.60 bits per heavy atom. The zero-order valence-electron chi connectivity index (χ0n) is 24.8. The summed E-state index contributed by atoms with van der Waals surface area (Å²) in [6, 6.07) is 13.0. The van der Waals surface area contributed by atoms with E-state index in [2.05, 4.69) is 0 Å². The van der Waals surface area contributed by atoms with Crippen LogP contribution in [-0.4, -0.2) is 56.7 Å². The predicted octanol–water partition coefficient (Wildman–Crippen LogP) is 5.03. The van der Waals surface area contributed by atoms with Crippen molar-refractivity contribution in [2.24, 2.45) is 5.92 Å². The molecular formula is C34H42O9. The molecule has 0 aliphatic heterocycles. The van der Waals surface area contributed by atoms with Crippen LogP contribution in [0.15, 0.2) is 48.5 Å². The smallest absolute Gasteiger partial charge is 0.200 e. The number of carbonyl (C=O) groups is 1. The van der Waals surface area contributed by atoms with E-state index in [4.69, 9.17) is 9.47 Å². The number of rotatable bonds is 13. The van der Waals surface area contributed by atoms with Crippen LogP contribution < -0.4 is 9.47 Å². The molecule has 43 heavy (non-hydrogen) atoms. The predicted molar refractivity (Wildman–Crippen MR) is 161 cm³/mol. The molecule has 0 spiro atoms. The summed E-state index contributed by atoms with van der Waals surface area (Å²) in [5.74, 6) is -1.32. The first-order valence-corrected chi connectivity index (χ1v) is 14.7. The summed E-state index contributed by atoms with van der Waals surface area (Å²) in [5.41, 5.74) is 1.78. The minimum Gasteiger partial charge on any atom is -0.508 e. The van der Waals surface area contributed by atoms with Crippen molar-refractivity contribution >= 4 is 5.78 Å². The van der Waals surface area contributed by atoms with Crippen LogP contribution in [-0.2, 0) is 29.7 Å². The molecule has 2 atom stereocenters. The van der Waals surface area contributed by atoms with E-state index >= 15 is 0 Å². The fourth-order valence-corrected chi connectivity index (χ4v) is 6.41. The third-order valence-corrected chi connectivity index (χ3v) is 8.91. The molecular weight excluding hydrogens is 552 g/mol. The molecule has 9 heteroatoms. The number of aromatic hydroxyl groups is 4. The van der Waals surface area contributed by atoms with Gasteiger partial charge in [-0.1, -0.05) is 37.5 Å². The number of aryl methyl sites for hydroxylation is 1. The minimum atomic E-state index is -1.05. The van der Waals surface area contributed by atoms with E-state index < -0.39 is 24.0 Å². The van der Waals surface area contributed by atoms with Crippen molar-refractivity contribution in [2.75, 3.05) is 14.2 Å². The van der Waals surface area contributed by atoms with Gasteiger partial charge in [-0.3, -0.25) is 4.79 Å². The third kappa shape index (κ3) is 7.17. The number of ketones is 1. The van der Waals surface area contributed by atoms with E-state index in [1.807, 2.05) is 0 Å². The van der Waals surface area contributed by atoms with Crippen molar-refractivity contribution in [3.05, 3.63) is 70.8 Å². The average Bonchev–Trinajstić information content (AvgIpc) is 3.00. The Balaban J connectivity index is 1.67. The molecule has 6 N–H and O–H groups in total. The first kappa shape index (κ1) is 32.0. The lowest BCUT2D eigenvalue weighted by atomic mass is 9.65. The standard InChI is InChI=1S/C34H42O9/c1-42-31-15-21(10-12-28(31)38)9-11-27(37)24(16-22-7-6-8-26(36)25(22)20-35)30(40)19-34(13-4-3-5-14-34)23-17-29(39)33(41)32(18-23)43-2/h6-8,10,12,15,17-18,24,27,35-39,41H,3-5,9,11,13-14,16,19-20H2,1-2H3. The van der Waals surface area contributed by atoms with Crippen LogP contribution in [0.2, 0.25) is 0 Å². The van der Waals surface area contributed by atoms with Gasteiger partial charge in [0.2, 0.25) is 5.75 Å². The highest BCUT2D eigenvalue weighted by Gasteiger charge is 2.40. The van der Waals surface area contributed by atoms with Crippen LogP contribution in [0.3, 0.4) is 0 Å². The summed E-state index contributed by atoms with van der Waals surface area (Å²) in [6.45, 7) is -0.414. The van der Waals surface area contributed by atoms with Gasteiger partial charge < -0.3 is 40.1 Å². The molecule has 0 aromatic heterocycles. The first-order chi connectivity index (χ1) is 20.6. The maximum atomic E-state index is 14.3. The normalized spacial score (nSPS) is 15.9. The number of Topliss-reactive ketones (excluding diaryl/α,β-unsaturated/α-hetero) is 1. The van der Waals surface area contributed by atoms with E-state index in [1.54, 1.807) is 30.3 Å². The molecule has 1 fully saturated rings. The Morgan fingerprint density at radius 1 is 0.884 bits per heavy atom. The van der Waals surface area contributed by atoms with Crippen molar-refractivity contribution in [3.63, 3.8) is 0 Å². The molecule has 3 aromatic rings. The number of benzene rings is 3. The van der Waals surface area contributed by atoms with Gasteiger partial charge in [0.1, 0.15) is 11.5 Å². The number of aliphatic hydroxyl groups is 2. The van der Waals surface area contributed by atoms with E-state index in [-0.39, 0.29) is 53.8 Å². The monoisotopic (exact) mass is 594 g/mol. The Morgan fingerprint density at radius 3 is 2.28 bits per heavy atom. The highest BCUT2D eigenvalue weighted by atomic mass is 16.5. The third-order valence-electron chi connectivity index (χ3n) is 8.91. The van der Waals surface area contributed by atoms with Crippen LogP contribution in [0.5, 0.6) is 34.5 Å². The van der Waals surface area contributed by atoms with Crippen LogP contribution in [0, 0.1) is 5.92 Å². The van der Waals surface area contributed by atoms with E-state index in [1.165, 1.54) is 32.4 Å². The van der Waals surface area contributed by atoms with Gasteiger partial charge in [0.15, 0.2) is 23.0 Å². The highest BCUT2D eigenvalue weighted by Crippen LogP contribution is 2.48.